The summed E-state index contributed by atoms with van der Waals surface area (Å²) >= 11 is 0. The number of ether oxygens (including phenoxy) is 1. The lowest BCUT2D eigenvalue weighted by atomic mass is 9.88. The number of unbranched alkanes of at least 4 members (excludes halogenated alkanes) is 3. The van der Waals surface area contributed by atoms with E-state index in [1.807, 2.05) is 36.4 Å². The molecule has 0 saturated carbocycles. The SMILES string of the molecule is CC[C@H]1C(=O)OC[C@@H]1Cc1c[n+](CCCCCC[N+](C)(C)CC(C)(C)CN2C(=O)c3cccc4cccc(c34)C2=O)cn1C. The van der Waals surface area contributed by atoms with E-state index in [0.717, 1.165) is 60.6 Å². The molecule has 2 atom stereocenters. The molecular formula is C36H50N4O4+2. The van der Waals surface area contributed by atoms with Gasteiger partial charge in [0, 0.05) is 40.8 Å². The third-order valence-electron chi connectivity index (χ3n) is 9.54. The number of esters is 1. The fraction of sp³-hybridized carbons (Fsp3) is 0.556. The maximum Gasteiger partial charge on any atom is 0.309 e. The van der Waals surface area contributed by atoms with E-state index in [9.17, 15) is 14.4 Å². The number of hydrogen-bond donors (Lipinski definition) is 0. The quantitative estimate of drug-likeness (QED) is 0.0840. The Bertz CT molecular complexity index is 1490. The number of hydrogen-bond acceptors (Lipinski definition) is 4. The normalized spacial score (nSPS) is 18.9. The van der Waals surface area contributed by atoms with Gasteiger partial charge in [0.1, 0.15) is 11.9 Å². The number of aromatic nitrogens is 2. The van der Waals surface area contributed by atoms with Crippen LogP contribution >= 0.6 is 0 Å². The zero-order valence-corrected chi connectivity index (χ0v) is 27.5. The van der Waals surface area contributed by atoms with E-state index in [-0.39, 0.29) is 35.0 Å². The molecule has 8 heteroatoms. The van der Waals surface area contributed by atoms with Crippen LogP contribution in [0.4, 0.5) is 0 Å². The number of benzene rings is 2. The van der Waals surface area contributed by atoms with Gasteiger partial charge in [-0.25, -0.2) is 9.13 Å². The molecule has 5 rings (SSSR count). The monoisotopic (exact) mass is 602 g/mol. The molecule has 1 aromatic heterocycles. The topological polar surface area (TPSA) is 72.5 Å². The Labute approximate surface area is 262 Å². The third-order valence-corrected chi connectivity index (χ3v) is 9.54. The smallest absolute Gasteiger partial charge is 0.309 e. The zero-order chi connectivity index (χ0) is 31.6. The molecule has 2 amide bonds. The fourth-order valence-corrected chi connectivity index (χ4v) is 7.63. The minimum Gasteiger partial charge on any atom is -0.465 e. The highest BCUT2D eigenvalue weighted by atomic mass is 16.5. The average Bonchev–Trinajstić information content (AvgIpc) is 3.51. The van der Waals surface area contributed by atoms with Crippen LogP contribution in [0.3, 0.4) is 0 Å². The Kier molecular flexibility index (Phi) is 9.30. The summed E-state index contributed by atoms with van der Waals surface area (Å²) < 4.78 is 10.6. The van der Waals surface area contributed by atoms with Crippen LogP contribution in [0.2, 0.25) is 0 Å². The number of carbonyl (C=O) groups excluding carboxylic acids is 3. The summed E-state index contributed by atoms with van der Waals surface area (Å²) in [4.78, 5) is 40.3. The van der Waals surface area contributed by atoms with Crippen LogP contribution in [0.15, 0.2) is 48.9 Å². The lowest BCUT2D eigenvalue weighted by Gasteiger charge is -2.40. The van der Waals surface area contributed by atoms with Gasteiger partial charge in [0.05, 0.1) is 53.3 Å². The van der Waals surface area contributed by atoms with Crippen LogP contribution in [0.5, 0.6) is 0 Å². The van der Waals surface area contributed by atoms with Crippen molar-refractivity contribution < 1.29 is 28.2 Å². The van der Waals surface area contributed by atoms with Crippen molar-refractivity contribution in [3.63, 3.8) is 0 Å². The van der Waals surface area contributed by atoms with Crippen LogP contribution in [0.1, 0.15) is 79.3 Å². The van der Waals surface area contributed by atoms with E-state index in [2.05, 4.69) is 63.6 Å². The van der Waals surface area contributed by atoms with Gasteiger partial charge in [-0.3, -0.25) is 19.3 Å². The number of imidazole rings is 1. The van der Waals surface area contributed by atoms with Crippen molar-refractivity contribution in [1.29, 1.82) is 0 Å². The molecular weight excluding hydrogens is 552 g/mol. The molecule has 236 valence electrons. The molecule has 44 heavy (non-hydrogen) atoms. The number of carbonyl (C=O) groups is 3. The number of amides is 2. The van der Waals surface area contributed by atoms with Gasteiger partial charge in [0.15, 0.2) is 0 Å². The minimum atomic E-state index is -0.230. The molecule has 0 spiro atoms. The van der Waals surface area contributed by atoms with Crippen LogP contribution in [-0.4, -0.2) is 72.1 Å². The first kappa shape index (κ1) is 31.9. The highest BCUT2D eigenvalue weighted by molar-refractivity contribution is 6.25. The maximum atomic E-state index is 13.4. The van der Waals surface area contributed by atoms with Gasteiger partial charge in [0.2, 0.25) is 6.33 Å². The molecule has 3 heterocycles. The molecule has 0 N–H and O–H groups in total. The number of imide groups is 1. The van der Waals surface area contributed by atoms with Crippen molar-refractivity contribution in [2.45, 2.75) is 65.8 Å². The Morgan fingerprint density at radius 3 is 2.30 bits per heavy atom. The average molecular weight is 603 g/mol. The molecule has 2 aromatic carbocycles. The van der Waals surface area contributed by atoms with Gasteiger partial charge in [0.25, 0.3) is 11.8 Å². The lowest BCUT2D eigenvalue weighted by molar-refractivity contribution is -0.896. The Hall–Kier alpha value is -3.52. The molecule has 0 radical (unpaired) electrons. The molecule has 0 unspecified atom stereocenters. The van der Waals surface area contributed by atoms with E-state index in [0.29, 0.717) is 24.3 Å². The van der Waals surface area contributed by atoms with Crippen molar-refractivity contribution in [2.24, 2.45) is 24.3 Å². The second-order valence-electron chi connectivity index (χ2n) is 14.5. The molecule has 0 bridgehead atoms. The first-order valence-electron chi connectivity index (χ1n) is 16.3. The van der Waals surface area contributed by atoms with E-state index >= 15 is 0 Å². The number of aryl methyl sites for hydroxylation is 2. The van der Waals surface area contributed by atoms with Crippen LogP contribution in [0.25, 0.3) is 10.8 Å². The summed E-state index contributed by atoms with van der Waals surface area (Å²) in [6.07, 6.45) is 10.7. The summed E-state index contributed by atoms with van der Waals surface area (Å²) in [5.41, 5.74) is 2.27. The van der Waals surface area contributed by atoms with Crippen molar-refractivity contribution in [3.05, 3.63) is 65.7 Å². The summed E-state index contributed by atoms with van der Waals surface area (Å²) in [6, 6.07) is 11.4. The van der Waals surface area contributed by atoms with E-state index in [1.54, 1.807) is 0 Å². The zero-order valence-electron chi connectivity index (χ0n) is 27.5. The van der Waals surface area contributed by atoms with E-state index in [4.69, 9.17) is 4.74 Å². The van der Waals surface area contributed by atoms with Gasteiger partial charge in [-0.2, -0.15) is 0 Å². The van der Waals surface area contributed by atoms with Gasteiger partial charge in [-0.1, -0.05) is 45.0 Å². The van der Waals surface area contributed by atoms with Gasteiger partial charge in [-0.05, 0) is 49.6 Å². The maximum absolute atomic E-state index is 13.4. The number of quaternary nitrogens is 1. The number of nitrogens with zero attached hydrogens (tertiary/aromatic N) is 4. The summed E-state index contributed by atoms with van der Waals surface area (Å²) in [7, 11) is 6.60. The molecule has 2 aliphatic rings. The lowest BCUT2D eigenvalue weighted by Crippen LogP contribution is -2.52. The van der Waals surface area contributed by atoms with Crippen molar-refractivity contribution in [2.75, 3.05) is 40.3 Å². The van der Waals surface area contributed by atoms with Gasteiger partial charge in [-0.15, -0.1) is 0 Å². The van der Waals surface area contributed by atoms with Crippen LogP contribution < -0.4 is 4.57 Å². The van der Waals surface area contributed by atoms with Crippen molar-refractivity contribution in [3.8, 4) is 0 Å². The molecule has 3 aromatic rings. The Balaban J connectivity index is 1.06. The minimum absolute atomic E-state index is 0.0224. The third kappa shape index (κ3) is 6.90. The molecule has 1 fully saturated rings. The fourth-order valence-electron chi connectivity index (χ4n) is 7.63. The largest absolute Gasteiger partial charge is 0.465 e. The van der Waals surface area contributed by atoms with E-state index in [1.165, 1.54) is 23.4 Å². The Morgan fingerprint density at radius 1 is 0.977 bits per heavy atom. The van der Waals surface area contributed by atoms with E-state index < -0.39 is 0 Å². The predicted molar refractivity (Wildman–Crippen MR) is 171 cm³/mol. The molecule has 2 aliphatic heterocycles. The second-order valence-corrected chi connectivity index (χ2v) is 14.5. The van der Waals surface area contributed by atoms with Crippen molar-refractivity contribution in [1.82, 2.24) is 9.47 Å². The first-order valence-corrected chi connectivity index (χ1v) is 16.3. The highest BCUT2D eigenvalue weighted by Gasteiger charge is 2.39. The number of cyclic esters (lactones) is 1. The summed E-state index contributed by atoms with van der Waals surface area (Å²) in [5.74, 6) is -0.119. The Morgan fingerprint density at radius 2 is 1.64 bits per heavy atom. The standard InChI is InChI=1S/C36H50N4O4/c1-7-29-27(22-44-35(29)43)20-28-21-38(25-37(28)4)18-10-8-9-11-19-40(5,6)24-36(2,3)23-39-33(41)30-16-12-14-26-15-13-17-31(32(26)30)34(39)42/h12-17,21,25,27,29H,7-11,18-20,22-24H2,1-6H3/q+2/t27-,29+/m0/s1. The van der Waals surface area contributed by atoms with Crippen molar-refractivity contribution >= 4 is 28.6 Å². The van der Waals surface area contributed by atoms with Crippen LogP contribution in [-0.2, 0) is 29.5 Å². The first-order chi connectivity index (χ1) is 20.9. The molecule has 0 aliphatic carbocycles. The highest BCUT2D eigenvalue weighted by Crippen LogP contribution is 2.33. The summed E-state index contributed by atoms with van der Waals surface area (Å²) in [5, 5.41) is 1.72. The molecule has 1 saturated heterocycles. The van der Waals surface area contributed by atoms with Crippen LogP contribution in [0, 0.1) is 17.3 Å². The number of rotatable bonds is 14. The second kappa shape index (κ2) is 12.8. The van der Waals surface area contributed by atoms with Gasteiger partial charge >= 0.3 is 5.97 Å². The summed E-state index contributed by atoms with van der Waals surface area (Å²) in [6.45, 7) is 10.2. The predicted octanol–water partition coefficient (Wildman–Crippen LogP) is 5.17. The van der Waals surface area contributed by atoms with Gasteiger partial charge < -0.3 is 9.22 Å². The molecule has 8 nitrogen and oxygen atoms in total.